The fourth-order valence-electron chi connectivity index (χ4n) is 2.49. The second kappa shape index (κ2) is 7.58. The third-order valence-corrected chi connectivity index (χ3v) is 4.94. The average Bonchev–Trinajstić information content (AvgIpc) is 3.09. The molecule has 2 N–H and O–H groups in total. The number of hydrogen-bond acceptors (Lipinski definition) is 4. The second-order valence-electron chi connectivity index (χ2n) is 5.59. The van der Waals surface area contributed by atoms with Gasteiger partial charge in [0.15, 0.2) is 6.10 Å². The van der Waals surface area contributed by atoms with Gasteiger partial charge in [0.25, 0.3) is 0 Å². The van der Waals surface area contributed by atoms with Gasteiger partial charge in [-0.05, 0) is 35.9 Å². The summed E-state index contributed by atoms with van der Waals surface area (Å²) >= 11 is 1.51. The van der Waals surface area contributed by atoms with Crippen LogP contribution < -0.4 is 5.73 Å². The number of thiophene rings is 1. The smallest absolute Gasteiger partial charge is 0.248 e. The Labute approximate surface area is 148 Å². The van der Waals surface area contributed by atoms with E-state index in [1.54, 1.807) is 23.1 Å². The van der Waals surface area contributed by atoms with Crippen LogP contribution in [-0.2, 0) is 14.3 Å². The van der Waals surface area contributed by atoms with Gasteiger partial charge in [-0.1, -0.05) is 12.1 Å². The lowest BCUT2D eigenvalue weighted by Crippen LogP contribution is -2.50. The largest absolute Gasteiger partial charge is 0.367 e. The Morgan fingerprint density at radius 3 is 2.72 bits per heavy atom. The summed E-state index contributed by atoms with van der Waals surface area (Å²) in [6.45, 7) is 0.892. The number of nitrogens with zero attached hydrogens (tertiary/aromatic N) is 1. The molecule has 1 fully saturated rings. The Balaban J connectivity index is 1.65. The van der Waals surface area contributed by atoms with Crippen LogP contribution in [0.15, 0.2) is 42.5 Å². The molecule has 2 aromatic rings. The van der Waals surface area contributed by atoms with Crippen LogP contribution in [0.2, 0.25) is 0 Å². The van der Waals surface area contributed by atoms with Crippen molar-refractivity contribution in [3.63, 3.8) is 0 Å². The van der Waals surface area contributed by atoms with E-state index in [0.717, 1.165) is 15.3 Å². The quantitative estimate of drug-likeness (QED) is 0.850. The number of halogens is 1. The van der Waals surface area contributed by atoms with Crippen LogP contribution in [-0.4, -0.2) is 42.5 Å². The maximum Gasteiger partial charge on any atom is 0.248 e. The monoisotopic (exact) mass is 360 g/mol. The van der Waals surface area contributed by atoms with Crippen molar-refractivity contribution in [2.45, 2.75) is 6.10 Å². The Hall–Kier alpha value is -2.51. The minimum absolute atomic E-state index is 0.170. The molecule has 0 spiro atoms. The number of rotatable bonds is 4. The molecule has 7 heteroatoms. The van der Waals surface area contributed by atoms with Crippen LogP contribution in [0.25, 0.3) is 16.5 Å². The van der Waals surface area contributed by atoms with Crippen molar-refractivity contribution < 1.29 is 18.7 Å². The predicted molar refractivity (Wildman–Crippen MR) is 94.3 cm³/mol. The van der Waals surface area contributed by atoms with Gasteiger partial charge in [0.2, 0.25) is 11.8 Å². The van der Waals surface area contributed by atoms with E-state index in [-0.39, 0.29) is 18.3 Å². The molecule has 0 radical (unpaired) electrons. The fourth-order valence-corrected chi connectivity index (χ4v) is 3.41. The van der Waals surface area contributed by atoms with Gasteiger partial charge in [-0.3, -0.25) is 9.59 Å². The summed E-state index contributed by atoms with van der Waals surface area (Å²) in [7, 11) is 0. The molecular weight excluding hydrogens is 343 g/mol. The van der Waals surface area contributed by atoms with E-state index in [9.17, 15) is 14.0 Å². The number of nitrogens with two attached hydrogens (primary N) is 1. The van der Waals surface area contributed by atoms with Crippen molar-refractivity contribution >= 4 is 29.2 Å². The summed E-state index contributed by atoms with van der Waals surface area (Å²) in [6.07, 6.45) is 2.45. The van der Waals surface area contributed by atoms with Gasteiger partial charge in [-0.2, -0.15) is 0 Å². The van der Waals surface area contributed by atoms with Crippen LogP contribution >= 0.6 is 11.3 Å². The molecular formula is C18H17FN2O3S. The molecule has 1 atom stereocenters. The number of amides is 2. The maximum absolute atomic E-state index is 13.0. The molecule has 1 aromatic carbocycles. The Bertz CT molecular complexity index is 801. The minimum atomic E-state index is -0.752. The van der Waals surface area contributed by atoms with Crippen molar-refractivity contribution in [1.82, 2.24) is 4.90 Å². The fraction of sp³-hybridized carbons (Fsp3) is 0.222. The molecule has 25 heavy (non-hydrogen) atoms. The van der Waals surface area contributed by atoms with E-state index in [1.165, 1.54) is 29.5 Å². The first-order valence-electron chi connectivity index (χ1n) is 7.76. The van der Waals surface area contributed by atoms with Gasteiger partial charge >= 0.3 is 0 Å². The van der Waals surface area contributed by atoms with E-state index in [4.69, 9.17) is 10.5 Å². The maximum atomic E-state index is 13.0. The van der Waals surface area contributed by atoms with Crippen LogP contribution in [0.5, 0.6) is 0 Å². The molecule has 1 aromatic heterocycles. The van der Waals surface area contributed by atoms with E-state index in [1.807, 2.05) is 12.1 Å². The summed E-state index contributed by atoms with van der Waals surface area (Å²) in [5.41, 5.74) is 6.15. The molecule has 0 saturated carbocycles. The first-order chi connectivity index (χ1) is 12.0. The van der Waals surface area contributed by atoms with Crippen LogP contribution in [0, 0.1) is 5.82 Å². The number of primary amides is 1. The number of carbonyl (C=O) groups excluding carboxylic acids is 2. The molecule has 1 aliphatic rings. The number of morpholine rings is 1. The van der Waals surface area contributed by atoms with Gasteiger partial charge in [0, 0.05) is 22.4 Å². The van der Waals surface area contributed by atoms with Gasteiger partial charge < -0.3 is 15.4 Å². The van der Waals surface area contributed by atoms with Crippen molar-refractivity contribution in [2.75, 3.05) is 19.7 Å². The highest BCUT2D eigenvalue weighted by Crippen LogP contribution is 2.29. The molecule has 130 valence electrons. The lowest BCUT2D eigenvalue weighted by atomic mass is 10.2. The number of benzene rings is 1. The van der Waals surface area contributed by atoms with Gasteiger partial charge in [0.1, 0.15) is 5.82 Å². The average molecular weight is 360 g/mol. The van der Waals surface area contributed by atoms with E-state index in [0.29, 0.717) is 13.2 Å². The highest BCUT2D eigenvalue weighted by molar-refractivity contribution is 7.16. The van der Waals surface area contributed by atoms with Gasteiger partial charge in [-0.25, -0.2) is 4.39 Å². The second-order valence-corrected chi connectivity index (χ2v) is 6.70. The van der Waals surface area contributed by atoms with Gasteiger partial charge in [0.05, 0.1) is 13.2 Å². The molecule has 2 amide bonds. The zero-order chi connectivity index (χ0) is 17.8. The SMILES string of the molecule is NC(=O)C1CN(C(=O)/C=C/c2ccc(-c3ccc(F)cc3)s2)CCO1. The third kappa shape index (κ3) is 4.32. The molecule has 1 saturated heterocycles. The molecule has 2 heterocycles. The van der Waals surface area contributed by atoms with Crippen molar-refractivity contribution in [1.29, 1.82) is 0 Å². The highest BCUT2D eigenvalue weighted by Gasteiger charge is 2.26. The topological polar surface area (TPSA) is 72.6 Å². The van der Waals surface area contributed by atoms with Crippen molar-refractivity contribution in [2.24, 2.45) is 5.73 Å². The first kappa shape index (κ1) is 17.3. The van der Waals surface area contributed by atoms with Crippen LogP contribution in [0.1, 0.15) is 4.88 Å². The molecule has 1 unspecified atom stereocenters. The number of ether oxygens (including phenoxy) is 1. The van der Waals surface area contributed by atoms with Crippen LogP contribution in [0.3, 0.4) is 0 Å². The molecule has 1 aliphatic heterocycles. The number of hydrogen-bond donors (Lipinski definition) is 1. The molecule has 5 nitrogen and oxygen atoms in total. The third-order valence-electron chi connectivity index (χ3n) is 3.84. The predicted octanol–water partition coefficient (Wildman–Crippen LogP) is 2.28. The van der Waals surface area contributed by atoms with E-state index in [2.05, 4.69) is 0 Å². The molecule has 0 aliphatic carbocycles. The van der Waals surface area contributed by atoms with E-state index >= 15 is 0 Å². The van der Waals surface area contributed by atoms with Crippen molar-refractivity contribution in [3.8, 4) is 10.4 Å². The lowest BCUT2D eigenvalue weighted by Gasteiger charge is -2.30. The molecule has 0 bridgehead atoms. The number of carbonyl (C=O) groups is 2. The normalized spacial score (nSPS) is 17.8. The summed E-state index contributed by atoms with van der Waals surface area (Å²) in [5, 5.41) is 0. The standard InChI is InChI=1S/C18H17FN2O3S/c19-13-3-1-12(2-4-13)16-7-5-14(25-16)6-8-17(22)21-9-10-24-15(11-21)18(20)23/h1-8,15H,9-11H2,(H2,20,23)/b8-6+. The highest BCUT2D eigenvalue weighted by atomic mass is 32.1. The zero-order valence-corrected chi connectivity index (χ0v) is 14.2. The summed E-state index contributed by atoms with van der Waals surface area (Å²) in [4.78, 5) is 26.9. The summed E-state index contributed by atoms with van der Waals surface area (Å²) in [6, 6.07) is 10.1. The Morgan fingerprint density at radius 1 is 1.24 bits per heavy atom. The first-order valence-corrected chi connectivity index (χ1v) is 8.58. The summed E-state index contributed by atoms with van der Waals surface area (Å²) < 4.78 is 18.2. The zero-order valence-electron chi connectivity index (χ0n) is 13.4. The van der Waals surface area contributed by atoms with Crippen LogP contribution in [0.4, 0.5) is 4.39 Å². The lowest BCUT2D eigenvalue weighted by molar-refractivity contribution is -0.142. The Morgan fingerprint density at radius 2 is 2.00 bits per heavy atom. The minimum Gasteiger partial charge on any atom is -0.367 e. The van der Waals surface area contributed by atoms with Crippen molar-refractivity contribution in [3.05, 3.63) is 53.2 Å². The Kier molecular flexibility index (Phi) is 5.25. The van der Waals surface area contributed by atoms with Gasteiger partial charge in [-0.15, -0.1) is 11.3 Å². The molecule has 3 rings (SSSR count). The summed E-state index contributed by atoms with van der Waals surface area (Å²) in [5.74, 6) is -1.03. The van der Waals surface area contributed by atoms with E-state index < -0.39 is 12.0 Å².